The van der Waals surface area contributed by atoms with Gasteiger partial charge in [-0.05, 0) is 76.1 Å². The molecule has 0 radical (unpaired) electrons. The third-order valence-corrected chi connectivity index (χ3v) is 5.07. The van der Waals surface area contributed by atoms with Gasteiger partial charge < -0.3 is 9.73 Å². The second-order valence-corrected chi connectivity index (χ2v) is 7.18. The summed E-state index contributed by atoms with van der Waals surface area (Å²) in [7, 11) is 2.03. The highest BCUT2D eigenvalue weighted by molar-refractivity contribution is 9.10. The van der Waals surface area contributed by atoms with Crippen molar-refractivity contribution < 1.29 is 4.42 Å². The van der Waals surface area contributed by atoms with Crippen LogP contribution in [0.25, 0.3) is 11.5 Å². The van der Waals surface area contributed by atoms with Crippen molar-refractivity contribution in [2.45, 2.75) is 25.8 Å². The van der Waals surface area contributed by atoms with Gasteiger partial charge >= 0.3 is 0 Å². The minimum absolute atomic E-state index is 0. The molecule has 0 bridgehead atoms. The molecule has 0 spiro atoms. The molecule has 1 aromatic heterocycles. The first kappa shape index (κ1) is 19.4. The van der Waals surface area contributed by atoms with E-state index in [1.165, 1.54) is 19.3 Å². The van der Waals surface area contributed by atoms with E-state index in [4.69, 9.17) is 4.42 Å². The Morgan fingerprint density at radius 3 is 2.62 bits per heavy atom. The van der Waals surface area contributed by atoms with Crippen molar-refractivity contribution in [1.82, 2.24) is 15.2 Å². The fourth-order valence-electron chi connectivity index (χ4n) is 3.12. The molecule has 6 heteroatoms. The number of hydrogen-bond donors (Lipinski definition) is 1. The molecule has 4 nitrogen and oxygen atoms in total. The number of benzene rings is 1. The van der Waals surface area contributed by atoms with Gasteiger partial charge in [0.05, 0.1) is 5.69 Å². The summed E-state index contributed by atoms with van der Waals surface area (Å²) in [5, 5.41) is 3.25. The van der Waals surface area contributed by atoms with E-state index < -0.39 is 0 Å². The zero-order valence-electron chi connectivity index (χ0n) is 14.0. The van der Waals surface area contributed by atoms with Crippen LogP contribution in [-0.2, 0) is 6.54 Å². The van der Waals surface area contributed by atoms with E-state index in [2.05, 4.69) is 31.1 Å². The lowest BCUT2D eigenvalue weighted by Crippen LogP contribution is -2.34. The zero-order chi connectivity index (χ0) is 16.1. The summed E-state index contributed by atoms with van der Waals surface area (Å²) in [4.78, 5) is 7.12. The molecule has 0 amide bonds. The monoisotopic (exact) mass is 413 g/mol. The number of nitrogens with zero attached hydrogens (tertiary/aromatic N) is 2. The van der Waals surface area contributed by atoms with Crippen LogP contribution in [0, 0.1) is 5.92 Å². The Bertz CT molecular complexity index is 609. The molecule has 1 fully saturated rings. The van der Waals surface area contributed by atoms with Crippen LogP contribution in [0.5, 0.6) is 0 Å². The summed E-state index contributed by atoms with van der Waals surface area (Å²) < 4.78 is 6.71. The summed E-state index contributed by atoms with van der Waals surface area (Å²) in [6, 6.07) is 8.06. The van der Waals surface area contributed by atoms with Gasteiger partial charge in [0.15, 0.2) is 0 Å². The Labute approximate surface area is 158 Å². The molecule has 1 N–H and O–H groups in total. The molecule has 1 aliphatic heterocycles. The maximum absolute atomic E-state index is 5.64. The minimum atomic E-state index is 0. The van der Waals surface area contributed by atoms with Gasteiger partial charge in [0, 0.05) is 16.6 Å². The van der Waals surface area contributed by atoms with Gasteiger partial charge in [-0.15, -0.1) is 12.4 Å². The molecule has 2 heterocycles. The largest absolute Gasteiger partial charge is 0.444 e. The topological polar surface area (TPSA) is 41.3 Å². The van der Waals surface area contributed by atoms with Crippen LogP contribution in [0.15, 0.2) is 39.4 Å². The normalized spacial score (nSPS) is 16.1. The second kappa shape index (κ2) is 9.56. The van der Waals surface area contributed by atoms with E-state index in [9.17, 15) is 0 Å². The zero-order valence-corrected chi connectivity index (χ0v) is 16.4. The Morgan fingerprint density at radius 1 is 1.25 bits per heavy atom. The molecule has 2 aromatic rings. The Kier molecular flexibility index (Phi) is 7.75. The molecular formula is C18H25BrClN3O. The van der Waals surface area contributed by atoms with E-state index in [1.807, 2.05) is 31.3 Å². The van der Waals surface area contributed by atoms with E-state index in [0.717, 1.165) is 47.8 Å². The molecule has 132 valence electrons. The standard InChI is InChI=1S/C18H24BrN3O.ClH/c1-20-9-6-14-7-10-22(11-8-14)12-17-13-23-18(21-17)15-2-4-16(19)5-3-15;/h2-5,13-14,20H,6-12H2,1H3;1H. The first-order chi connectivity index (χ1) is 11.2. The minimum Gasteiger partial charge on any atom is -0.444 e. The molecule has 24 heavy (non-hydrogen) atoms. The van der Waals surface area contributed by atoms with Gasteiger partial charge in [-0.25, -0.2) is 4.98 Å². The number of likely N-dealkylation sites (tertiary alicyclic amines) is 1. The number of halogens is 2. The number of oxazole rings is 1. The predicted molar refractivity (Wildman–Crippen MR) is 103 cm³/mol. The number of nitrogens with one attached hydrogen (secondary N) is 1. The van der Waals surface area contributed by atoms with Crippen LogP contribution in [-0.4, -0.2) is 36.6 Å². The van der Waals surface area contributed by atoms with Gasteiger partial charge in [0.2, 0.25) is 5.89 Å². The summed E-state index contributed by atoms with van der Waals surface area (Å²) in [5.74, 6) is 1.57. The van der Waals surface area contributed by atoms with Crippen molar-refractivity contribution >= 4 is 28.3 Å². The highest BCUT2D eigenvalue weighted by Crippen LogP contribution is 2.24. The van der Waals surface area contributed by atoms with Crippen molar-refractivity contribution in [3.05, 3.63) is 40.7 Å². The van der Waals surface area contributed by atoms with Crippen molar-refractivity contribution in [1.29, 1.82) is 0 Å². The van der Waals surface area contributed by atoms with Crippen molar-refractivity contribution in [2.24, 2.45) is 5.92 Å². The molecular weight excluding hydrogens is 390 g/mol. The lowest BCUT2D eigenvalue weighted by Gasteiger charge is -2.31. The Hall–Kier alpha value is -0.880. The number of rotatable bonds is 6. The average molecular weight is 415 g/mol. The van der Waals surface area contributed by atoms with Gasteiger partial charge in [-0.1, -0.05) is 15.9 Å². The molecule has 1 aromatic carbocycles. The third kappa shape index (κ3) is 5.31. The summed E-state index contributed by atoms with van der Waals surface area (Å²) in [6.07, 6.45) is 5.67. The van der Waals surface area contributed by atoms with E-state index >= 15 is 0 Å². The number of piperidine rings is 1. The van der Waals surface area contributed by atoms with E-state index in [-0.39, 0.29) is 12.4 Å². The van der Waals surface area contributed by atoms with Crippen LogP contribution in [0.3, 0.4) is 0 Å². The maximum atomic E-state index is 5.64. The SMILES string of the molecule is CNCCC1CCN(Cc2coc(-c3ccc(Br)cc3)n2)CC1.Cl. The van der Waals surface area contributed by atoms with Crippen molar-refractivity contribution in [2.75, 3.05) is 26.7 Å². The maximum Gasteiger partial charge on any atom is 0.226 e. The van der Waals surface area contributed by atoms with Crippen LogP contribution in [0.2, 0.25) is 0 Å². The van der Waals surface area contributed by atoms with Gasteiger partial charge in [-0.2, -0.15) is 0 Å². The summed E-state index contributed by atoms with van der Waals surface area (Å²) in [5.41, 5.74) is 2.04. The highest BCUT2D eigenvalue weighted by atomic mass is 79.9. The number of aromatic nitrogens is 1. The van der Waals surface area contributed by atoms with Crippen molar-refractivity contribution in [3.8, 4) is 11.5 Å². The lowest BCUT2D eigenvalue weighted by atomic mass is 9.93. The fourth-order valence-corrected chi connectivity index (χ4v) is 3.38. The molecule has 1 aliphatic rings. The highest BCUT2D eigenvalue weighted by Gasteiger charge is 2.19. The van der Waals surface area contributed by atoms with E-state index in [1.54, 1.807) is 6.26 Å². The molecule has 1 saturated heterocycles. The number of hydrogen-bond acceptors (Lipinski definition) is 4. The Balaban J connectivity index is 0.00000208. The Morgan fingerprint density at radius 2 is 1.96 bits per heavy atom. The molecule has 0 unspecified atom stereocenters. The van der Waals surface area contributed by atoms with Crippen molar-refractivity contribution in [3.63, 3.8) is 0 Å². The summed E-state index contributed by atoms with van der Waals surface area (Å²) >= 11 is 3.45. The molecule has 0 aliphatic carbocycles. The van der Waals surface area contributed by atoms with Gasteiger partial charge in [0.25, 0.3) is 0 Å². The molecule has 3 rings (SSSR count). The van der Waals surface area contributed by atoms with Crippen LogP contribution < -0.4 is 5.32 Å². The predicted octanol–water partition coefficient (Wildman–Crippen LogP) is 4.35. The van der Waals surface area contributed by atoms with Gasteiger partial charge in [-0.3, -0.25) is 4.90 Å². The first-order valence-electron chi connectivity index (χ1n) is 8.32. The molecule has 0 saturated carbocycles. The van der Waals surface area contributed by atoms with Crippen LogP contribution >= 0.6 is 28.3 Å². The average Bonchev–Trinajstić information content (AvgIpc) is 3.03. The molecule has 0 atom stereocenters. The quantitative estimate of drug-likeness (QED) is 0.763. The van der Waals surface area contributed by atoms with Crippen LogP contribution in [0.4, 0.5) is 0 Å². The third-order valence-electron chi connectivity index (χ3n) is 4.54. The summed E-state index contributed by atoms with van der Waals surface area (Å²) in [6.45, 7) is 4.34. The second-order valence-electron chi connectivity index (χ2n) is 6.26. The van der Waals surface area contributed by atoms with Gasteiger partial charge in [0.1, 0.15) is 6.26 Å². The van der Waals surface area contributed by atoms with Crippen LogP contribution in [0.1, 0.15) is 25.0 Å². The van der Waals surface area contributed by atoms with E-state index in [0.29, 0.717) is 5.89 Å². The first-order valence-corrected chi connectivity index (χ1v) is 9.11. The smallest absolute Gasteiger partial charge is 0.226 e. The lowest BCUT2D eigenvalue weighted by molar-refractivity contribution is 0.170. The fraction of sp³-hybridized carbons (Fsp3) is 0.500.